The number of esters is 1. The number of ketones is 1. The van der Waals surface area contributed by atoms with Gasteiger partial charge in [0.1, 0.15) is 11.3 Å². The zero-order chi connectivity index (χ0) is 20.6. The number of benzene rings is 2. The smallest absolute Gasteiger partial charge is 0.316 e. The number of Topliss-reactive ketones (excluding diaryl/α,β-unsaturated/α-hetero) is 1. The fraction of sp³-hybridized carbons (Fsp3) is 0.238. The van der Waals surface area contributed by atoms with Crippen molar-refractivity contribution >= 4 is 40.5 Å². The summed E-state index contributed by atoms with van der Waals surface area (Å²) in [6.07, 6.45) is 0.378. The highest BCUT2D eigenvalue weighted by atomic mass is 32.2. The van der Waals surface area contributed by atoms with Crippen molar-refractivity contribution in [2.24, 2.45) is 0 Å². The Labute approximate surface area is 171 Å². The quantitative estimate of drug-likeness (QED) is 0.426. The standard InChI is InChI=1S/C21H20N2O5S/c1-14(24)17(11-15-7-3-2-4-8-15)22-19(25)12-27-20(26)13-29-21-23-16-9-5-6-10-18(16)28-21/h2-10,17H,11-13H2,1H3,(H,22,25)/t17-/m0/s1. The van der Waals surface area contributed by atoms with Crippen LogP contribution < -0.4 is 5.32 Å². The number of nitrogens with zero attached hydrogens (tertiary/aromatic N) is 1. The number of thioether (sulfide) groups is 1. The van der Waals surface area contributed by atoms with Crippen molar-refractivity contribution in [2.45, 2.75) is 24.6 Å². The molecule has 0 saturated carbocycles. The molecule has 0 radical (unpaired) electrons. The van der Waals surface area contributed by atoms with Gasteiger partial charge in [0.2, 0.25) is 0 Å². The van der Waals surface area contributed by atoms with Crippen molar-refractivity contribution < 1.29 is 23.5 Å². The molecule has 8 heteroatoms. The second-order valence-corrected chi connectivity index (χ2v) is 7.24. The van der Waals surface area contributed by atoms with E-state index in [2.05, 4.69) is 10.3 Å². The zero-order valence-corrected chi connectivity index (χ0v) is 16.6. The maximum absolute atomic E-state index is 12.1. The lowest BCUT2D eigenvalue weighted by Crippen LogP contribution is -2.43. The summed E-state index contributed by atoms with van der Waals surface area (Å²) in [5.41, 5.74) is 2.27. The van der Waals surface area contributed by atoms with E-state index in [1.54, 1.807) is 6.07 Å². The fourth-order valence-electron chi connectivity index (χ4n) is 2.60. The number of oxazole rings is 1. The molecule has 1 atom stereocenters. The average molecular weight is 412 g/mol. The molecule has 0 aliphatic heterocycles. The number of aromatic nitrogens is 1. The van der Waals surface area contributed by atoms with Crippen molar-refractivity contribution in [1.29, 1.82) is 0 Å². The van der Waals surface area contributed by atoms with E-state index in [4.69, 9.17) is 9.15 Å². The maximum Gasteiger partial charge on any atom is 0.316 e. The summed E-state index contributed by atoms with van der Waals surface area (Å²) in [4.78, 5) is 40.0. The summed E-state index contributed by atoms with van der Waals surface area (Å²) < 4.78 is 10.5. The highest BCUT2D eigenvalue weighted by molar-refractivity contribution is 7.99. The summed E-state index contributed by atoms with van der Waals surface area (Å²) >= 11 is 1.09. The summed E-state index contributed by atoms with van der Waals surface area (Å²) in [5, 5.41) is 2.96. The third-order valence-electron chi connectivity index (χ3n) is 4.06. The third kappa shape index (κ3) is 6.18. The molecule has 1 heterocycles. The molecule has 0 aliphatic rings. The van der Waals surface area contributed by atoms with Crippen LogP contribution in [0.1, 0.15) is 12.5 Å². The average Bonchev–Trinajstić information content (AvgIpc) is 3.14. The molecule has 29 heavy (non-hydrogen) atoms. The van der Waals surface area contributed by atoms with Crippen LogP contribution in [0.5, 0.6) is 0 Å². The van der Waals surface area contributed by atoms with Gasteiger partial charge in [-0.1, -0.05) is 54.2 Å². The molecule has 7 nitrogen and oxygen atoms in total. The van der Waals surface area contributed by atoms with E-state index in [1.165, 1.54) is 6.92 Å². The molecule has 0 fully saturated rings. The lowest BCUT2D eigenvalue weighted by molar-refractivity contribution is -0.146. The molecule has 0 saturated heterocycles. The molecule has 3 aromatic rings. The van der Waals surface area contributed by atoms with Crippen molar-refractivity contribution in [1.82, 2.24) is 10.3 Å². The van der Waals surface area contributed by atoms with Crippen LogP contribution in [-0.4, -0.2) is 41.0 Å². The second-order valence-electron chi connectivity index (χ2n) is 6.32. The van der Waals surface area contributed by atoms with Gasteiger partial charge in [0.25, 0.3) is 11.1 Å². The van der Waals surface area contributed by atoms with Gasteiger partial charge in [-0.2, -0.15) is 0 Å². The number of amides is 1. The topological polar surface area (TPSA) is 98.5 Å². The number of hydrogen-bond donors (Lipinski definition) is 1. The van der Waals surface area contributed by atoms with Crippen molar-refractivity contribution in [2.75, 3.05) is 12.4 Å². The Morgan fingerprint density at radius 2 is 1.83 bits per heavy atom. The van der Waals surface area contributed by atoms with Crippen LogP contribution in [0.15, 0.2) is 64.2 Å². The number of fused-ring (bicyclic) bond motifs is 1. The minimum absolute atomic E-state index is 0.0414. The Balaban J connectivity index is 1.43. The summed E-state index contributed by atoms with van der Waals surface area (Å²) in [6, 6.07) is 16.0. The minimum Gasteiger partial charge on any atom is -0.455 e. The molecule has 0 aliphatic carbocycles. The van der Waals surface area contributed by atoms with Gasteiger partial charge in [-0.3, -0.25) is 14.4 Å². The molecule has 2 aromatic carbocycles. The predicted molar refractivity (Wildman–Crippen MR) is 108 cm³/mol. The number of rotatable bonds is 9. The SMILES string of the molecule is CC(=O)[C@H](Cc1ccccc1)NC(=O)COC(=O)CSc1nc2ccccc2o1. The summed E-state index contributed by atoms with van der Waals surface area (Å²) in [5.74, 6) is -1.31. The molecule has 0 spiro atoms. The highest BCUT2D eigenvalue weighted by Crippen LogP contribution is 2.23. The minimum atomic E-state index is -0.669. The summed E-state index contributed by atoms with van der Waals surface area (Å²) in [7, 11) is 0. The van der Waals surface area contributed by atoms with Crippen LogP contribution in [0.2, 0.25) is 0 Å². The summed E-state index contributed by atoms with van der Waals surface area (Å²) in [6.45, 7) is 0.961. The van der Waals surface area contributed by atoms with E-state index in [0.29, 0.717) is 22.7 Å². The molecule has 3 rings (SSSR count). The van der Waals surface area contributed by atoms with Crippen LogP contribution in [0, 0.1) is 0 Å². The first-order valence-corrected chi connectivity index (χ1v) is 9.97. The molecular formula is C21H20N2O5S. The molecule has 150 valence electrons. The van der Waals surface area contributed by atoms with Gasteiger partial charge in [0.05, 0.1) is 6.04 Å². The number of ether oxygens (including phenoxy) is 1. The lowest BCUT2D eigenvalue weighted by atomic mass is 10.0. The van der Waals surface area contributed by atoms with Gasteiger partial charge in [0, 0.05) is 0 Å². The van der Waals surface area contributed by atoms with Crippen LogP contribution >= 0.6 is 11.8 Å². The molecule has 0 bridgehead atoms. The van der Waals surface area contributed by atoms with Crippen molar-refractivity contribution in [3.8, 4) is 0 Å². The first-order chi connectivity index (χ1) is 14.0. The molecule has 1 N–H and O–H groups in total. The van der Waals surface area contributed by atoms with Crippen LogP contribution in [-0.2, 0) is 25.5 Å². The third-order valence-corrected chi connectivity index (χ3v) is 4.86. The van der Waals surface area contributed by atoms with Gasteiger partial charge >= 0.3 is 5.97 Å². The number of nitrogens with one attached hydrogen (secondary N) is 1. The molecular weight excluding hydrogens is 392 g/mol. The Kier molecular flexibility index (Phi) is 7.02. The molecule has 1 aromatic heterocycles. The largest absolute Gasteiger partial charge is 0.455 e. The van der Waals surface area contributed by atoms with E-state index < -0.39 is 24.5 Å². The first kappa shape index (κ1) is 20.6. The Hall–Kier alpha value is -3.13. The Bertz CT molecular complexity index is 969. The highest BCUT2D eigenvalue weighted by Gasteiger charge is 2.19. The van der Waals surface area contributed by atoms with E-state index in [-0.39, 0.29) is 11.5 Å². The van der Waals surface area contributed by atoms with Crippen molar-refractivity contribution in [3.05, 3.63) is 60.2 Å². The van der Waals surface area contributed by atoms with E-state index in [1.807, 2.05) is 48.5 Å². The molecule has 1 amide bonds. The fourth-order valence-corrected chi connectivity index (χ4v) is 3.24. The van der Waals surface area contributed by atoms with Crippen LogP contribution in [0.4, 0.5) is 0 Å². The predicted octanol–water partition coefficient (Wildman–Crippen LogP) is 2.78. The second kappa shape index (κ2) is 9.88. The van der Waals surface area contributed by atoms with Crippen molar-refractivity contribution in [3.63, 3.8) is 0 Å². The number of para-hydroxylation sites is 2. The zero-order valence-electron chi connectivity index (χ0n) is 15.8. The number of carbonyl (C=O) groups is 3. The first-order valence-electron chi connectivity index (χ1n) is 8.99. The Morgan fingerprint density at radius 3 is 2.55 bits per heavy atom. The molecule has 0 unspecified atom stereocenters. The van der Waals surface area contributed by atoms with E-state index in [9.17, 15) is 14.4 Å². The normalized spacial score (nSPS) is 11.8. The maximum atomic E-state index is 12.1. The number of carbonyl (C=O) groups excluding carboxylic acids is 3. The van der Waals surface area contributed by atoms with Crippen LogP contribution in [0.3, 0.4) is 0 Å². The van der Waals surface area contributed by atoms with E-state index >= 15 is 0 Å². The van der Waals surface area contributed by atoms with Gasteiger partial charge in [-0.25, -0.2) is 4.98 Å². The van der Waals surface area contributed by atoms with E-state index in [0.717, 1.165) is 17.3 Å². The number of hydrogen-bond acceptors (Lipinski definition) is 7. The monoisotopic (exact) mass is 412 g/mol. The van der Waals surface area contributed by atoms with Gasteiger partial charge in [0.15, 0.2) is 18.0 Å². The van der Waals surface area contributed by atoms with Gasteiger partial charge in [-0.15, -0.1) is 0 Å². The Morgan fingerprint density at radius 1 is 1.10 bits per heavy atom. The van der Waals surface area contributed by atoms with Crippen LogP contribution in [0.25, 0.3) is 11.1 Å². The van der Waals surface area contributed by atoms with Gasteiger partial charge in [-0.05, 0) is 31.0 Å². The van der Waals surface area contributed by atoms with Gasteiger partial charge < -0.3 is 14.5 Å². The lowest BCUT2D eigenvalue weighted by Gasteiger charge is -2.16.